The van der Waals surface area contributed by atoms with Crippen LogP contribution in [0.15, 0.2) is 18.2 Å². The fourth-order valence-corrected chi connectivity index (χ4v) is 3.91. The highest BCUT2D eigenvalue weighted by Crippen LogP contribution is 2.33. The van der Waals surface area contributed by atoms with Crippen molar-refractivity contribution in [1.82, 2.24) is 10.2 Å². The van der Waals surface area contributed by atoms with Crippen molar-refractivity contribution in [3.05, 3.63) is 35.1 Å². The Kier molecular flexibility index (Phi) is 3.27. The normalized spacial score (nSPS) is 29.9. The first-order valence-corrected chi connectivity index (χ1v) is 8.05. The Labute approximate surface area is 120 Å². The standard InChI is InChI=1S/C17H23FN2/c18-14-2-5-16-13(9-14)1-6-17(16)19-10-12-7-8-20(11-12)15-3-4-15/h2,5,9,12,15,17,19H,1,3-4,6-8,10-11H2. The Morgan fingerprint density at radius 2 is 2.10 bits per heavy atom. The van der Waals surface area contributed by atoms with E-state index in [2.05, 4.69) is 10.2 Å². The van der Waals surface area contributed by atoms with Gasteiger partial charge in [-0.05, 0) is 74.4 Å². The largest absolute Gasteiger partial charge is 0.310 e. The monoisotopic (exact) mass is 274 g/mol. The Hall–Kier alpha value is -0.930. The Bertz CT molecular complexity index is 498. The zero-order valence-electron chi connectivity index (χ0n) is 11.9. The number of hydrogen-bond acceptors (Lipinski definition) is 2. The summed E-state index contributed by atoms with van der Waals surface area (Å²) in [5.74, 6) is 0.709. The molecule has 0 radical (unpaired) electrons. The van der Waals surface area contributed by atoms with E-state index in [0.29, 0.717) is 6.04 Å². The minimum atomic E-state index is -0.0970. The van der Waals surface area contributed by atoms with Gasteiger partial charge in [-0.1, -0.05) is 6.07 Å². The molecule has 1 aromatic carbocycles. The van der Waals surface area contributed by atoms with Crippen LogP contribution in [0.3, 0.4) is 0 Å². The number of hydrogen-bond donors (Lipinski definition) is 1. The van der Waals surface area contributed by atoms with Gasteiger partial charge in [0.15, 0.2) is 0 Å². The lowest BCUT2D eigenvalue weighted by molar-refractivity contribution is 0.309. The predicted molar refractivity (Wildman–Crippen MR) is 78.2 cm³/mol. The smallest absolute Gasteiger partial charge is 0.123 e. The van der Waals surface area contributed by atoms with Gasteiger partial charge in [0.25, 0.3) is 0 Å². The van der Waals surface area contributed by atoms with Crippen molar-refractivity contribution in [2.75, 3.05) is 19.6 Å². The Morgan fingerprint density at radius 1 is 1.20 bits per heavy atom. The van der Waals surface area contributed by atoms with E-state index < -0.39 is 0 Å². The molecule has 2 atom stereocenters. The molecule has 4 rings (SSSR count). The molecule has 1 aromatic rings. The molecule has 3 heteroatoms. The van der Waals surface area contributed by atoms with Crippen LogP contribution in [0.1, 0.15) is 42.9 Å². The second kappa shape index (κ2) is 5.12. The van der Waals surface area contributed by atoms with E-state index in [1.807, 2.05) is 6.07 Å². The van der Waals surface area contributed by atoms with Crippen molar-refractivity contribution in [1.29, 1.82) is 0 Å². The lowest BCUT2D eigenvalue weighted by atomic mass is 10.1. The molecule has 2 fully saturated rings. The Balaban J connectivity index is 1.33. The highest BCUT2D eigenvalue weighted by Gasteiger charge is 2.34. The summed E-state index contributed by atoms with van der Waals surface area (Å²) in [5, 5.41) is 3.73. The molecule has 0 aromatic heterocycles. The SMILES string of the molecule is Fc1ccc2c(c1)CCC2NCC1CCN(C2CC2)C1. The average molecular weight is 274 g/mol. The molecule has 2 aliphatic carbocycles. The molecule has 1 saturated heterocycles. The summed E-state index contributed by atoms with van der Waals surface area (Å²) in [6, 6.07) is 6.64. The topological polar surface area (TPSA) is 15.3 Å². The molecular weight excluding hydrogens is 251 g/mol. The maximum atomic E-state index is 13.2. The highest BCUT2D eigenvalue weighted by atomic mass is 19.1. The number of benzene rings is 1. The molecule has 1 saturated carbocycles. The van der Waals surface area contributed by atoms with Crippen LogP contribution >= 0.6 is 0 Å². The summed E-state index contributed by atoms with van der Waals surface area (Å²) in [7, 11) is 0. The lowest BCUT2D eigenvalue weighted by Gasteiger charge is -2.18. The van der Waals surface area contributed by atoms with Crippen molar-refractivity contribution in [2.45, 2.75) is 44.2 Å². The van der Waals surface area contributed by atoms with Crippen LogP contribution in [0.4, 0.5) is 4.39 Å². The molecular formula is C17H23FN2. The predicted octanol–water partition coefficient (Wildman–Crippen LogP) is 2.89. The van der Waals surface area contributed by atoms with Gasteiger partial charge in [-0.2, -0.15) is 0 Å². The number of nitrogens with one attached hydrogen (secondary N) is 1. The van der Waals surface area contributed by atoms with Crippen molar-refractivity contribution in [3.63, 3.8) is 0 Å². The average Bonchev–Trinajstić information content (AvgIpc) is 3.06. The molecule has 3 aliphatic rings. The molecule has 1 N–H and O–H groups in total. The second-order valence-corrected chi connectivity index (χ2v) is 6.72. The summed E-state index contributed by atoms with van der Waals surface area (Å²) in [4.78, 5) is 2.67. The summed E-state index contributed by atoms with van der Waals surface area (Å²) in [6.07, 6.45) is 6.32. The van der Waals surface area contributed by atoms with E-state index in [1.54, 1.807) is 12.1 Å². The van der Waals surface area contributed by atoms with Crippen LogP contribution in [0, 0.1) is 11.7 Å². The fourth-order valence-electron chi connectivity index (χ4n) is 3.91. The molecule has 0 amide bonds. The van der Waals surface area contributed by atoms with Crippen LogP contribution in [-0.4, -0.2) is 30.6 Å². The summed E-state index contributed by atoms with van der Waals surface area (Å²) < 4.78 is 13.2. The number of halogens is 1. The molecule has 2 nitrogen and oxygen atoms in total. The van der Waals surface area contributed by atoms with Crippen LogP contribution < -0.4 is 5.32 Å². The highest BCUT2D eigenvalue weighted by molar-refractivity contribution is 5.34. The Morgan fingerprint density at radius 3 is 2.95 bits per heavy atom. The first-order valence-electron chi connectivity index (χ1n) is 8.05. The quantitative estimate of drug-likeness (QED) is 0.908. The molecule has 20 heavy (non-hydrogen) atoms. The molecule has 0 spiro atoms. The zero-order valence-corrected chi connectivity index (χ0v) is 11.9. The minimum absolute atomic E-state index is 0.0970. The van der Waals surface area contributed by atoms with Gasteiger partial charge in [-0.3, -0.25) is 0 Å². The van der Waals surface area contributed by atoms with Gasteiger partial charge in [0.1, 0.15) is 5.82 Å². The van der Waals surface area contributed by atoms with Crippen LogP contribution in [-0.2, 0) is 6.42 Å². The van der Waals surface area contributed by atoms with Gasteiger partial charge in [0, 0.05) is 18.6 Å². The minimum Gasteiger partial charge on any atom is -0.310 e. The van der Waals surface area contributed by atoms with Gasteiger partial charge in [-0.15, -0.1) is 0 Å². The second-order valence-electron chi connectivity index (χ2n) is 6.72. The third-order valence-electron chi connectivity index (χ3n) is 5.22. The maximum Gasteiger partial charge on any atom is 0.123 e. The van der Waals surface area contributed by atoms with Crippen molar-refractivity contribution in [3.8, 4) is 0 Å². The molecule has 1 aliphatic heterocycles. The molecule has 2 unspecified atom stereocenters. The molecule has 108 valence electrons. The van der Waals surface area contributed by atoms with E-state index in [4.69, 9.17) is 0 Å². The first kappa shape index (κ1) is 12.8. The fraction of sp³-hybridized carbons (Fsp3) is 0.647. The number of aryl methyl sites for hydroxylation is 1. The third kappa shape index (κ3) is 2.49. The number of fused-ring (bicyclic) bond motifs is 1. The van der Waals surface area contributed by atoms with E-state index in [-0.39, 0.29) is 5.82 Å². The summed E-state index contributed by atoms with van der Waals surface area (Å²) in [5.41, 5.74) is 2.52. The van der Waals surface area contributed by atoms with Gasteiger partial charge in [0.2, 0.25) is 0 Å². The number of nitrogens with zero attached hydrogens (tertiary/aromatic N) is 1. The van der Waals surface area contributed by atoms with Gasteiger partial charge in [0.05, 0.1) is 0 Å². The van der Waals surface area contributed by atoms with E-state index in [0.717, 1.165) is 31.3 Å². The van der Waals surface area contributed by atoms with Crippen molar-refractivity contribution >= 4 is 0 Å². The van der Waals surface area contributed by atoms with Crippen LogP contribution in [0.5, 0.6) is 0 Å². The van der Waals surface area contributed by atoms with Crippen molar-refractivity contribution in [2.24, 2.45) is 5.92 Å². The van der Waals surface area contributed by atoms with Crippen molar-refractivity contribution < 1.29 is 4.39 Å². The number of likely N-dealkylation sites (tertiary alicyclic amines) is 1. The molecule has 1 heterocycles. The van der Waals surface area contributed by atoms with E-state index in [9.17, 15) is 4.39 Å². The first-order chi connectivity index (χ1) is 9.79. The third-order valence-corrected chi connectivity index (χ3v) is 5.22. The maximum absolute atomic E-state index is 13.2. The van der Waals surface area contributed by atoms with Crippen LogP contribution in [0.2, 0.25) is 0 Å². The van der Waals surface area contributed by atoms with Crippen LogP contribution in [0.25, 0.3) is 0 Å². The van der Waals surface area contributed by atoms with Gasteiger partial charge < -0.3 is 10.2 Å². The zero-order chi connectivity index (χ0) is 13.5. The lowest BCUT2D eigenvalue weighted by Crippen LogP contribution is -2.29. The van der Waals surface area contributed by atoms with E-state index >= 15 is 0 Å². The summed E-state index contributed by atoms with van der Waals surface area (Å²) >= 11 is 0. The molecule has 0 bridgehead atoms. The van der Waals surface area contributed by atoms with Gasteiger partial charge >= 0.3 is 0 Å². The van der Waals surface area contributed by atoms with Gasteiger partial charge in [-0.25, -0.2) is 4.39 Å². The number of rotatable bonds is 4. The summed E-state index contributed by atoms with van der Waals surface area (Å²) in [6.45, 7) is 3.69. The van der Waals surface area contributed by atoms with E-state index in [1.165, 1.54) is 43.5 Å².